The summed E-state index contributed by atoms with van der Waals surface area (Å²) in [7, 11) is 1.53. The van der Waals surface area contributed by atoms with Crippen LogP contribution in [0.25, 0.3) is 0 Å². The Hall–Kier alpha value is -2.84. The molecule has 0 spiro atoms. The maximum atomic E-state index is 11.5. The van der Waals surface area contributed by atoms with Crippen molar-refractivity contribution in [3.05, 3.63) is 52.5 Å². The van der Waals surface area contributed by atoms with Gasteiger partial charge in [0.25, 0.3) is 5.91 Å². The highest BCUT2D eigenvalue weighted by atomic mass is 35.5. The molecule has 0 heterocycles. The summed E-state index contributed by atoms with van der Waals surface area (Å²) in [6, 6.07) is 10.8. The first-order valence-corrected chi connectivity index (χ1v) is 9.66. The first-order chi connectivity index (χ1) is 13.9. The lowest BCUT2D eigenvalue weighted by Crippen LogP contribution is -2.28. The van der Waals surface area contributed by atoms with Crippen LogP contribution in [0.15, 0.2) is 41.5 Å². The minimum atomic E-state index is -0.194. The molecule has 0 aliphatic carbocycles. The van der Waals surface area contributed by atoms with Crippen molar-refractivity contribution in [2.24, 2.45) is 5.10 Å². The molecule has 2 rings (SSSR count). The quantitative estimate of drug-likeness (QED) is 0.335. The number of methoxy groups -OCH3 is 1. The smallest absolute Gasteiger partial charge is 0.257 e. The summed E-state index contributed by atoms with van der Waals surface area (Å²) < 4.78 is 10.8. The number of halogens is 1. The molecule has 2 aromatic carbocycles. The van der Waals surface area contributed by atoms with Crippen molar-refractivity contribution in [1.29, 1.82) is 0 Å². The zero-order chi connectivity index (χ0) is 21.2. The van der Waals surface area contributed by atoms with Crippen LogP contribution >= 0.6 is 23.8 Å². The van der Waals surface area contributed by atoms with Crippen LogP contribution in [0.3, 0.4) is 0 Å². The van der Waals surface area contributed by atoms with Crippen LogP contribution < -0.4 is 25.5 Å². The number of nitrogens with one attached hydrogen (secondary N) is 3. The summed E-state index contributed by atoms with van der Waals surface area (Å²) in [5, 5.41) is 10.8. The average Bonchev–Trinajstić information content (AvgIpc) is 2.70. The number of hydrogen-bond donors (Lipinski definition) is 3. The summed E-state index contributed by atoms with van der Waals surface area (Å²) in [4.78, 5) is 11.5. The fourth-order valence-corrected chi connectivity index (χ4v) is 2.67. The molecule has 29 heavy (non-hydrogen) atoms. The lowest BCUT2D eigenvalue weighted by molar-refractivity contribution is -0.123. The van der Waals surface area contributed by atoms with Crippen molar-refractivity contribution in [2.45, 2.75) is 13.8 Å². The van der Waals surface area contributed by atoms with E-state index in [0.717, 1.165) is 16.8 Å². The molecule has 0 aromatic heterocycles. The number of benzene rings is 2. The number of likely N-dealkylation sites (N-methyl/N-ethyl adjacent to an activating group) is 1. The number of carbonyl (C=O) groups excluding carboxylic acids is 1. The molecule has 0 atom stereocenters. The van der Waals surface area contributed by atoms with Crippen LogP contribution in [-0.4, -0.2) is 37.5 Å². The molecule has 0 fully saturated rings. The van der Waals surface area contributed by atoms with Gasteiger partial charge in [0.2, 0.25) is 0 Å². The summed E-state index contributed by atoms with van der Waals surface area (Å²) in [5.74, 6) is 0.770. The number of hydrazone groups is 1. The summed E-state index contributed by atoms with van der Waals surface area (Å²) >= 11 is 11.3. The van der Waals surface area contributed by atoms with Gasteiger partial charge in [0.1, 0.15) is 0 Å². The Morgan fingerprint density at radius 1 is 1.28 bits per heavy atom. The molecule has 154 valence electrons. The Morgan fingerprint density at radius 2 is 2.07 bits per heavy atom. The van der Waals surface area contributed by atoms with Gasteiger partial charge in [-0.1, -0.05) is 17.7 Å². The van der Waals surface area contributed by atoms with E-state index in [1.807, 2.05) is 32.0 Å². The van der Waals surface area contributed by atoms with Gasteiger partial charge in [-0.15, -0.1) is 0 Å². The minimum Gasteiger partial charge on any atom is -0.493 e. The second-order valence-electron chi connectivity index (χ2n) is 5.89. The standard InChI is InChI=1S/C20H23ClN4O3S/c1-4-22-19(26)12-28-17-9-8-14(10-18(17)27-3)11-23-25-20(29)24-16-7-5-6-15(21)13(16)2/h5-11H,4,12H2,1-3H3,(H,22,26)(H2,24,25,29)/b23-11+. The highest BCUT2D eigenvalue weighted by molar-refractivity contribution is 7.80. The number of carbonyl (C=O) groups is 1. The topological polar surface area (TPSA) is 84.0 Å². The first kappa shape index (κ1) is 22.4. The molecule has 0 aliphatic heterocycles. The predicted molar refractivity (Wildman–Crippen MR) is 120 cm³/mol. The molecule has 2 aromatic rings. The largest absolute Gasteiger partial charge is 0.493 e. The molecule has 0 unspecified atom stereocenters. The Labute approximate surface area is 180 Å². The van der Waals surface area contributed by atoms with E-state index in [1.54, 1.807) is 24.4 Å². The van der Waals surface area contributed by atoms with Crippen molar-refractivity contribution in [1.82, 2.24) is 10.7 Å². The third-order valence-electron chi connectivity index (χ3n) is 3.82. The highest BCUT2D eigenvalue weighted by Gasteiger charge is 2.08. The van der Waals surface area contributed by atoms with Crippen LogP contribution in [0.2, 0.25) is 5.02 Å². The van der Waals surface area contributed by atoms with Gasteiger partial charge in [0.05, 0.1) is 13.3 Å². The van der Waals surface area contributed by atoms with Crippen molar-refractivity contribution in [2.75, 3.05) is 25.6 Å². The van der Waals surface area contributed by atoms with Crippen LogP contribution in [0, 0.1) is 6.92 Å². The zero-order valence-corrected chi connectivity index (χ0v) is 18.0. The second-order valence-corrected chi connectivity index (χ2v) is 6.70. The van der Waals surface area contributed by atoms with E-state index >= 15 is 0 Å². The van der Waals surface area contributed by atoms with Crippen molar-refractivity contribution in [3.8, 4) is 11.5 Å². The third kappa shape index (κ3) is 6.92. The summed E-state index contributed by atoms with van der Waals surface area (Å²) in [5.41, 5.74) is 5.22. The fourth-order valence-electron chi connectivity index (χ4n) is 2.33. The number of thiocarbonyl (C=S) groups is 1. The molecular weight excluding hydrogens is 412 g/mol. The molecule has 3 N–H and O–H groups in total. The van der Waals surface area contributed by atoms with Gasteiger partial charge >= 0.3 is 0 Å². The number of anilines is 1. The van der Waals surface area contributed by atoms with Gasteiger partial charge in [0.15, 0.2) is 23.2 Å². The van der Waals surface area contributed by atoms with Gasteiger partial charge in [-0.3, -0.25) is 10.2 Å². The van der Waals surface area contributed by atoms with Crippen LogP contribution in [0.4, 0.5) is 5.69 Å². The molecule has 0 aliphatic rings. The Bertz CT molecular complexity index is 905. The minimum absolute atomic E-state index is 0.0813. The second kappa shape index (κ2) is 11.2. The number of rotatable bonds is 8. The first-order valence-electron chi connectivity index (χ1n) is 8.87. The number of amides is 1. The van der Waals surface area contributed by atoms with E-state index in [0.29, 0.717) is 28.2 Å². The monoisotopic (exact) mass is 434 g/mol. The van der Waals surface area contributed by atoms with Crippen molar-refractivity contribution < 1.29 is 14.3 Å². The van der Waals surface area contributed by atoms with Gasteiger partial charge in [-0.2, -0.15) is 5.10 Å². The van der Waals surface area contributed by atoms with E-state index in [2.05, 4.69) is 21.2 Å². The predicted octanol–water partition coefficient (Wildman–Crippen LogP) is 3.49. The van der Waals surface area contributed by atoms with E-state index in [9.17, 15) is 4.79 Å². The maximum Gasteiger partial charge on any atom is 0.257 e. The van der Waals surface area contributed by atoms with Crippen molar-refractivity contribution in [3.63, 3.8) is 0 Å². The molecule has 0 saturated carbocycles. The molecule has 0 bridgehead atoms. The Balaban J connectivity index is 1.95. The van der Waals surface area contributed by atoms with E-state index in [-0.39, 0.29) is 12.5 Å². The van der Waals surface area contributed by atoms with Crippen LogP contribution in [-0.2, 0) is 4.79 Å². The molecule has 0 saturated heterocycles. The van der Waals surface area contributed by atoms with E-state index in [1.165, 1.54) is 7.11 Å². The van der Waals surface area contributed by atoms with Gasteiger partial charge in [0, 0.05) is 17.3 Å². The van der Waals surface area contributed by atoms with Gasteiger partial charge in [-0.05, 0) is 67.5 Å². The molecule has 0 radical (unpaired) electrons. The number of nitrogens with zero attached hydrogens (tertiary/aromatic N) is 1. The highest BCUT2D eigenvalue weighted by Crippen LogP contribution is 2.27. The van der Waals surface area contributed by atoms with Gasteiger partial charge < -0.3 is 20.1 Å². The fraction of sp³-hybridized carbons (Fsp3) is 0.250. The Morgan fingerprint density at radius 3 is 2.79 bits per heavy atom. The molecule has 9 heteroatoms. The third-order valence-corrected chi connectivity index (χ3v) is 4.42. The average molecular weight is 435 g/mol. The number of hydrogen-bond acceptors (Lipinski definition) is 5. The molecular formula is C20H23ClN4O3S. The Kier molecular flexibility index (Phi) is 8.69. The van der Waals surface area contributed by atoms with E-state index in [4.69, 9.17) is 33.3 Å². The molecule has 1 amide bonds. The zero-order valence-electron chi connectivity index (χ0n) is 16.4. The SMILES string of the molecule is CCNC(=O)COc1ccc(/C=N/NC(=S)Nc2cccc(Cl)c2C)cc1OC. The van der Waals surface area contributed by atoms with Crippen LogP contribution in [0.5, 0.6) is 11.5 Å². The summed E-state index contributed by atoms with van der Waals surface area (Å²) in [6.07, 6.45) is 1.59. The normalized spacial score (nSPS) is 10.5. The maximum absolute atomic E-state index is 11.5. The lowest BCUT2D eigenvalue weighted by Gasteiger charge is -2.11. The van der Waals surface area contributed by atoms with E-state index < -0.39 is 0 Å². The number of ether oxygens (including phenoxy) is 2. The lowest BCUT2D eigenvalue weighted by atomic mass is 10.2. The molecule has 7 nitrogen and oxygen atoms in total. The summed E-state index contributed by atoms with van der Waals surface area (Å²) in [6.45, 7) is 4.22. The van der Waals surface area contributed by atoms with Crippen LogP contribution in [0.1, 0.15) is 18.1 Å². The van der Waals surface area contributed by atoms with Gasteiger partial charge in [-0.25, -0.2) is 0 Å². The van der Waals surface area contributed by atoms with Crippen molar-refractivity contribution >= 4 is 46.7 Å².